The van der Waals surface area contributed by atoms with Gasteiger partial charge in [-0.05, 0) is 18.2 Å². The van der Waals surface area contributed by atoms with Gasteiger partial charge in [0.2, 0.25) is 5.91 Å². The second kappa shape index (κ2) is 4.88. The number of aromatic nitrogens is 2. The molecule has 0 fully saturated rings. The van der Waals surface area contributed by atoms with Crippen molar-refractivity contribution >= 4 is 28.9 Å². The highest BCUT2D eigenvalue weighted by Gasteiger charge is 2.06. The van der Waals surface area contributed by atoms with Gasteiger partial charge < -0.3 is 15.6 Å². The summed E-state index contributed by atoms with van der Waals surface area (Å²) in [5.41, 5.74) is 6.66. The third-order valence-corrected chi connectivity index (χ3v) is 2.47. The fraction of sp³-hybridized carbons (Fsp3) is 0.0909. The molecular weight excluding hydrogens is 240 g/mol. The van der Waals surface area contributed by atoms with Crippen LogP contribution in [0.4, 0.5) is 11.4 Å². The Bertz CT molecular complexity index is 524. The van der Waals surface area contributed by atoms with Gasteiger partial charge in [-0.2, -0.15) is 0 Å². The molecule has 0 aliphatic heterocycles. The van der Waals surface area contributed by atoms with Crippen LogP contribution in [0.3, 0.4) is 0 Å². The molecule has 1 aromatic carbocycles. The number of benzene rings is 1. The number of imidazole rings is 1. The van der Waals surface area contributed by atoms with Crippen LogP contribution in [0.2, 0.25) is 5.02 Å². The van der Waals surface area contributed by atoms with E-state index in [1.807, 2.05) is 0 Å². The van der Waals surface area contributed by atoms with Gasteiger partial charge in [-0.25, -0.2) is 4.98 Å². The van der Waals surface area contributed by atoms with Crippen LogP contribution in [-0.4, -0.2) is 15.5 Å². The van der Waals surface area contributed by atoms with E-state index in [9.17, 15) is 4.79 Å². The second-order valence-corrected chi connectivity index (χ2v) is 3.93. The maximum atomic E-state index is 11.7. The number of hydrogen-bond acceptors (Lipinski definition) is 3. The van der Waals surface area contributed by atoms with Crippen molar-refractivity contribution < 1.29 is 4.79 Å². The van der Waals surface area contributed by atoms with Crippen molar-refractivity contribution in [2.75, 3.05) is 11.1 Å². The molecule has 1 heterocycles. The summed E-state index contributed by atoms with van der Waals surface area (Å²) in [6.07, 6.45) is 4.90. The Morgan fingerprint density at radius 2 is 2.35 bits per heavy atom. The van der Waals surface area contributed by atoms with E-state index in [0.29, 0.717) is 16.4 Å². The molecule has 0 aliphatic rings. The molecule has 3 N–H and O–H groups in total. The maximum Gasteiger partial charge on any atom is 0.244 e. The van der Waals surface area contributed by atoms with Crippen LogP contribution in [0.15, 0.2) is 36.9 Å². The normalized spacial score (nSPS) is 10.2. The first-order chi connectivity index (χ1) is 8.15. The van der Waals surface area contributed by atoms with Crippen molar-refractivity contribution in [3.05, 3.63) is 41.9 Å². The summed E-state index contributed by atoms with van der Waals surface area (Å²) >= 11 is 5.94. The zero-order chi connectivity index (χ0) is 12.3. The van der Waals surface area contributed by atoms with E-state index in [1.54, 1.807) is 41.5 Å². The molecule has 0 bridgehead atoms. The van der Waals surface area contributed by atoms with Gasteiger partial charge in [0.25, 0.3) is 0 Å². The standard InChI is InChI=1S/C11H11ClN4O/c12-9-5-8(13)1-2-10(9)15-11(17)6-16-4-3-14-7-16/h1-5,7H,6,13H2,(H,15,17). The number of halogens is 1. The quantitative estimate of drug-likeness (QED) is 0.816. The number of carbonyl (C=O) groups excluding carboxylic acids is 1. The number of rotatable bonds is 3. The summed E-state index contributed by atoms with van der Waals surface area (Å²) in [4.78, 5) is 15.5. The average molecular weight is 251 g/mol. The summed E-state index contributed by atoms with van der Waals surface area (Å²) in [7, 11) is 0. The second-order valence-electron chi connectivity index (χ2n) is 3.52. The Balaban J connectivity index is 2.03. The van der Waals surface area contributed by atoms with E-state index < -0.39 is 0 Å². The fourth-order valence-corrected chi connectivity index (χ4v) is 1.60. The predicted octanol–water partition coefficient (Wildman–Crippen LogP) is 1.76. The molecule has 2 aromatic rings. The Labute approximate surface area is 103 Å². The van der Waals surface area contributed by atoms with Gasteiger partial charge >= 0.3 is 0 Å². The van der Waals surface area contributed by atoms with Crippen LogP contribution >= 0.6 is 11.6 Å². The molecule has 1 aromatic heterocycles. The molecule has 6 heteroatoms. The minimum absolute atomic E-state index is 0.172. The minimum Gasteiger partial charge on any atom is -0.399 e. The number of nitrogens with one attached hydrogen (secondary N) is 1. The molecule has 0 aliphatic carbocycles. The third kappa shape index (κ3) is 2.98. The van der Waals surface area contributed by atoms with Crippen molar-refractivity contribution in [2.45, 2.75) is 6.54 Å². The lowest BCUT2D eigenvalue weighted by Gasteiger charge is -2.08. The number of hydrogen-bond donors (Lipinski definition) is 2. The first-order valence-corrected chi connectivity index (χ1v) is 5.33. The minimum atomic E-state index is -0.172. The molecule has 2 rings (SSSR count). The van der Waals surface area contributed by atoms with Crippen molar-refractivity contribution in [1.82, 2.24) is 9.55 Å². The highest BCUT2D eigenvalue weighted by Crippen LogP contribution is 2.23. The Morgan fingerprint density at radius 1 is 1.53 bits per heavy atom. The van der Waals surface area contributed by atoms with Crippen LogP contribution in [-0.2, 0) is 11.3 Å². The zero-order valence-corrected chi connectivity index (χ0v) is 9.69. The van der Waals surface area contributed by atoms with E-state index in [1.165, 1.54) is 0 Å². The van der Waals surface area contributed by atoms with Gasteiger partial charge in [0.15, 0.2) is 0 Å². The number of nitrogens with two attached hydrogens (primary N) is 1. The topological polar surface area (TPSA) is 72.9 Å². The lowest BCUT2D eigenvalue weighted by molar-refractivity contribution is -0.116. The molecule has 0 spiro atoms. The molecule has 88 valence electrons. The van der Waals surface area contributed by atoms with E-state index >= 15 is 0 Å². The van der Waals surface area contributed by atoms with E-state index in [2.05, 4.69) is 10.3 Å². The van der Waals surface area contributed by atoms with Gasteiger partial charge in [-0.3, -0.25) is 4.79 Å². The van der Waals surface area contributed by atoms with Crippen LogP contribution in [0.25, 0.3) is 0 Å². The Kier molecular flexibility index (Phi) is 3.30. The lowest BCUT2D eigenvalue weighted by atomic mass is 10.3. The largest absolute Gasteiger partial charge is 0.399 e. The van der Waals surface area contributed by atoms with E-state index in [0.717, 1.165) is 0 Å². The van der Waals surface area contributed by atoms with Crippen LogP contribution in [0.5, 0.6) is 0 Å². The van der Waals surface area contributed by atoms with Gasteiger partial charge in [0, 0.05) is 18.1 Å². The first kappa shape index (κ1) is 11.5. The monoisotopic (exact) mass is 250 g/mol. The smallest absolute Gasteiger partial charge is 0.244 e. The molecule has 0 radical (unpaired) electrons. The molecular formula is C11H11ClN4O. The zero-order valence-electron chi connectivity index (χ0n) is 8.93. The number of anilines is 2. The van der Waals surface area contributed by atoms with Crippen LogP contribution in [0, 0.1) is 0 Å². The molecule has 0 atom stereocenters. The molecule has 5 nitrogen and oxygen atoms in total. The van der Waals surface area contributed by atoms with Crippen LogP contribution < -0.4 is 11.1 Å². The summed E-state index contributed by atoms with van der Waals surface area (Å²) in [6, 6.07) is 4.94. The molecule has 0 saturated carbocycles. The SMILES string of the molecule is Nc1ccc(NC(=O)Cn2ccnc2)c(Cl)c1. The van der Waals surface area contributed by atoms with Crippen molar-refractivity contribution in [2.24, 2.45) is 0 Å². The average Bonchev–Trinajstić information content (AvgIpc) is 2.75. The van der Waals surface area contributed by atoms with Crippen LogP contribution in [0.1, 0.15) is 0 Å². The number of nitrogens with zero attached hydrogens (tertiary/aromatic N) is 2. The van der Waals surface area contributed by atoms with Gasteiger partial charge in [0.1, 0.15) is 6.54 Å². The number of carbonyl (C=O) groups is 1. The van der Waals surface area contributed by atoms with Gasteiger partial charge in [-0.15, -0.1) is 0 Å². The van der Waals surface area contributed by atoms with Gasteiger partial charge in [-0.1, -0.05) is 11.6 Å². The molecule has 0 unspecified atom stereocenters. The fourth-order valence-electron chi connectivity index (χ4n) is 1.37. The Morgan fingerprint density at radius 3 is 3.00 bits per heavy atom. The van der Waals surface area contributed by atoms with E-state index in [-0.39, 0.29) is 12.5 Å². The molecule has 1 amide bonds. The van der Waals surface area contributed by atoms with Crippen molar-refractivity contribution in [3.8, 4) is 0 Å². The summed E-state index contributed by atoms with van der Waals surface area (Å²) < 4.78 is 1.67. The molecule has 0 saturated heterocycles. The first-order valence-electron chi connectivity index (χ1n) is 4.96. The number of nitrogen functional groups attached to an aromatic ring is 1. The lowest BCUT2D eigenvalue weighted by Crippen LogP contribution is -2.18. The van der Waals surface area contributed by atoms with E-state index in [4.69, 9.17) is 17.3 Å². The summed E-state index contributed by atoms with van der Waals surface area (Å²) in [6.45, 7) is 0.195. The predicted molar refractivity (Wildman–Crippen MR) is 66.7 cm³/mol. The molecule has 17 heavy (non-hydrogen) atoms. The number of amides is 1. The highest BCUT2D eigenvalue weighted by molar-refractivity contribution is 6.34. The third-order valence-electron chi connectivity index (χ3n) is 2.15. The summed E-state index contributed by atoms with van der Waals surface area (Å²) in [5, 5.41) is 3.12. The Hall–Kier alpha value is -2.01. The maximum absolute atomic E-state index is 11.7. The summed E-state index contributed by atoms with van der Waals surface area (Å²) in [5.74, 6) is -0.172. The van der Waals surface area contributed by atoms with Crippen molar-refractivity contribution in [3.63, 3.8) is 0 Å². The van der Waals surface area contributed by atoms with Gasteiger partial charge in [0.05, 0.1) is 17.0 Å². The highest BCUT2D eigenvalue weighted by atomic mass is 35.5. The van der Waals surface area contributed by atoms with Crippen molar-refractivity contribution in [1.29, 1.82) is 0 Å².